The summed E-state index contributed by atoms with van der Waals surface area (Å²) in [7, 11) is 0. The van der Waals surface area contributed by atoms with E-state index in [9.17, 15) is 0 Å². The molecule has 0 fully saturated rings. The SMILES string of the molecule is C=Cc1ccccc1/C=C(\C)c1ccc(N(c2ccc(-c3ccc4ccccc4c3)cc2)c2ccc(C3=C4C=CC=C5C=CC6=C(C(=C3)CC=C6)C54)c3ccccc23)cc1. The normalized spacial score (nSPS) is 16.6. The first-order chi connectivity index (χ1) is 29.6. The summed E-state index contributed by atoms with van der Waals surface area (Å²) in [6.07, 6.45) is 23.7. The first kappa shape index (κ1) is 35.7. The Balaban J connectivity index is 1.04. The molecule has 1 unspecified atom stereocenters. The highest BCUT2D eigenvalue weighted by Crippen LogP contribution is 2.52. The van der Waals surface area contributed by atoms with Crippen LogP contribution in [0.15, 0.2) is 235 Å². The van der Waals surface area contributed by atoms with Crippen LogP contribution >= 0.6 is 0 Å². The van der Waals surface area contributed by atoms with Crippen molar-refractivity contribution in [3.63, 3.8) is 0 Å². The summed E-state index contributed by atoms with van der Waals surface area (Å²) < 4.78 is 0. The van der Waals surface area contributed by atoms with E-state index in [2.05, 4.69) is 225 Å². The van der Waals surface area contributed by atoms with Crippen molar-refractivity contribution < 1.29 is 0 Å². The zero-order valence-corrected chi connectivity index (χ0v) is 33.6. The summed E-state index contributed by atoms with van der Waals surface area (Å²) in [5.41, 5.74) is 20.1. The van der Waals surface area contributed by atoms with Crippen LogP contribution in [0.4, 0.5) is 17.1 Å². The van der Waals surface area contributed by atoms with Crippen molar-refractivity contribution in [1.29, 1.82) is 0 Å². The van der Waals surface area contributed by atoms with Crippen molar-refractivity contribution in [1.82, 2.24) is 0 Å². The molecule has 7 aromatic carbocycles. The number of benzene rings is 7. The maximum absolute atomic E-state index is 4.04. The molecule has 1 heteroatoms. The first-order valence-electron chi connectivity index (χ1n) is 21.0. The average molecular weight is 766 g/mol. The van der Waals surface area contributed by atoms with Gasteiger partial charge in [0, 0.05) is 22.7 Å². The van der Waals surface area contributed by atoms with Gasteiger partial charge in [0.05, 0.1) is 5.69 Å². The highest BCUT2D eigenvalue weighted by molar-refractivity contribution is 6.07. The summed E-state index contributed by atoms with van der Waals surface area (Å²) in [5, 5.41) is 4.96. The second-order valence-corrected chi connectivity index (χ2v) is 16.1. The largest absolute Gasteiger partial charge is 0.310 e. The van der Waals surface area contributed by atoms with E-state index in [1.165, 1.54) is 88.4 Å². The Morgan fingerprint density at radius 2 is 1.37 bits per heavy atom. The molecule has 0 radical (unpaired) electrons. The van der Waals surface area contributed by atoms with Gasteiger partial charge in [-0.15, -0.1) is 0 Å². The minimum Gasteiger partial charge on any atom is -0.310 e. The van der Waals surface area contributed by atoms with Crippen molar-refractivity contribution >= 4 is 61.9 Å². The molecule has 0 spiro atoms. The van der Waals surface area contributed by atoms with Crippen LogP contribution in [0, 0.1) is 5.92 Å². The molecule has 0 N–H and O–H groups in total. The monoisotopic (exact) mass is 765 g/mol. The fraction of sp³-hybridized carbons (Fsp3) is 0.0508. The Morgan fingerprint density at radius 1 is 0.650 bits per heavy atom. The average Bonchev–Trinajstić information content (AvgIpc) is 3.31. The summed E-state index contributed by atoms with van der Waals surface area (Å²) >= 11 is 0. The molecule has 1 atom stereocenters. The van der Waals surface area contributed by atoms with Gasteiger partial charge >= 0.3 is 0 Å². The third-order valence-corrected chi connectivity index (χ3v) is 12.7. The standard InChI is InChI=1S/C59H43N/c1-3-40-12-4-6-14-46(40)36-39(2)41-26-30-50(31-27-41)60(51-32-28-43(29-33-51)48-25-22-42-13-5-7-15-47(42)37-48)57-35-34-53(52-19-8-9-20-54(52)57)56-38-49-18-10-16-44-23-24-45-17-11-21-55(56)59(45)58(44)49/h3-17,19-38,59H,1,18H2,2H3/b39-36+. The third kappa shape index (κ3) is 6.10. The first-order valence-corrected chi connectivity index (χ1v) is 21.0. The molecule has 0 saturated heterocycles. The maximum atomic E-state index is 4.04. The highest BCUT2D eigenvalue weighted by Gasteiger charge is 2.35. The molecule has 0 saturated carbocycles. The molecule has 0 amide bonds. The fourth-order valence-electron chi connectivity index (χ4n) is 9.69. The van der Waals surface area contributed by atoms with Gasteiger partial charge in [-0.1, -0.05) is 183 Å². The van der Waals surface area contributed by atoms with Crippen LogP contribution in [-0.4, -0.2) is 0 Å². The molecule has 60 heavy (non-hydrogen) atoms. The Bertz CT molecular complexity index is 3170. The second-order valence-electron chi connectivity index (χ2n) is 16.1. The number of anilines is 3. The van der Waals surface area contributed by atoms with Crippen LogP contribution in [0.25, 0.3) is 56.0 Å². The van der Waals surface area contributed by atoms with E-state index in [0.29, 0.717) is 0 Å². The predicted octanol–water partition coefficient (Wildman–Crippen LogP) is 16.0. The summed E-state index contributed by atoms with van der Waals surface area (Å²) in [6.45, 7) is 6.23. The van der Waals surface area contributed by atoms with Crippen LogP contribution < -0.4 is 4.90 Å². The van der Waals surface area contributed by atoms with Gasteiger partial charge in [0.1, 0.15) is 0 Å². The van der Waals surface area contributed by atoms with Gasteiger partial charge in [0.25, 0.3) is 0 Å². The zero-order valence-electron chi connectivity index (χ0n) is 33.6. The number of hydrogen-bond donors (Lipinski definition) is 0. The smallest absolute Gasteiger partial charge is 0.0540 e. The van der Waals surface area contributed by atoms with Crippen LogP contribution in [0.3, 0.4) is 0 Å². The number of allylic oxidation sites excluding steroid dienone is 15. The molecule has 284 valence electrons. The number of hydrogen-bond acceptors (Lipinski definition) is 1. The quantitative estimate of drug-likeness (QED) is 0.139. The van der Waals surface area contributed by atoms with Crippen LogP contribution in [-0.2, 0) is 0 Å². The second kappa shape index (κ2) is 14.7. The van der Waals surface area contributed by atoms with Gasteiger partial charge in [0.2, 0.25) is 0 Å². The van der Waals surface area contributed by atoms with E-state index < -0.39 is 0 Å². The third-order valence-electron chi connectivity index (χ3n) is 12.7. The van der Waals surface area contributed by atoms with Crippen LogP contribution in [0.2, 0.25) is 0 Å². The minimum absolute atomic E-state index is 0.271. The van der Waals surface area contributed by atoms with E-state index in [0.717, 1.165) is 29.0 Å². The van der Waals surface area contributed by atoms with E-state index >= 15 is 0 Å². The molecule has 4 aliphatic rings. The number of nitrogens with zero attached hydrogens (tertiary/aromatic N) is 1. The molecule has 0 bridgehead atoms. The van der Waals surface area contributed by atoms with Gasteiger partial charge in [-0.05, 0) is 138 Å². The Morgan fingerprint density at radius 3 is 2.18 bits per heavy atom. The Labute approximate surface area is 352 Å². The fourth-order valence-corrected chi connectivity index (χ4v) is 9.69. The van der Waals surface area contributed by atoms with Crippen molar-refractivity contribution in [3.8, 4) is 11.1 Å². The molecule has 1 nitrogen and oxygen atoms in total. The van der Waals surface area contributed by atoms with Crippen molar-refractivity contribution in [2.24, 2.45) is 5.92 Å². The van der Waals surface area contributed by atoms with Crippen molar-refractivity contribution in [2.45, 2.75) is 13.3 Å². The van der Waals surface area contributed by atoms with Gasteiger partial charge in [-0.3, -0.25) is 0 Å². The molecular weight excluding hydrogens is 723 g/mol. The lowest BCUT2D eigenvalue weighted by Crippen LogP contribution is -2.22. The lowest BCUT2D eigenvalue weighted by atomic mass is 9.66. The lowest BCUT2D eigenvalue weighted by Gasteiger charge is -2.37. The number of rotatable bonds is 8. The Hall–Kier alpha value is -7.48. The molecule has 0 aliphatic heterocycles. The summed E-state index contributed by atoms with van der Waals surface area (Å²) in [5.74, 6) is 0.271. The van der Waals surface area contributed by atoms with Gasteiger partial charge < -0.3 is 4.90 Å². The molecule has 0 aromatic heterocycles. The predicted molar refractivity (Wildman–Crippen MR) is 257 cm³/mol. The van der Waals surface area contributed by atoms with E-state index in [1.54, 1.807) is 0 Å². The minimum atomic E-state index is 0.271. The van der Waals surface area contributed by atoms with E-state index in [1.807, 2.05) is 6.08 Å². The van der Waals surface area contributed by atoms with Crippen molar-refractivity contribution in [3.05, 3.63) is 257 Å². The lowest BCUT2D eigenvalue weighted by molar-refractivity contribution is 0.836. The molecule has 4 aliphatic carbocycles. The van der Waals surface area contributed by atoms with Gasteiger partial charge in [-0.25, -0.2) is 0 Å². The topological polar surface area (TPSA) is 3.24 Å². The summed E-state index contributed by atoms with van der Waals surface area (Å²) in [6, 6.07) is 55.5. The molecular formula is C59H43N. The Kier molecular flexibility index (Phi) is 8.75. The maximum Gasteiger partial charge on any atom is 0.0540 e. The van der Waals surface area contributed by atoms with Crippen LogP contribution in [0.5, 0.6) is 0 Å². The molecule has 0 heterocycles. The summed E-state index contributed by atoms with van der Waals surface area (Å²) in [4.78, 5) is 2.43. The van der Waals surface area contributed by atoms with E-state index in [4.69, 9.17) is 0 Å². The zero-order chi connectivity index (χ0) is 40.2. The van der Waals surface area contributed by atoms with Gasteiger partial charge in [0.15, 0.2) is 0 Å². The van der Waals surface area contributed by atoms with E-state index in [-0.39, 0.29) is 5.92 Å². The number of fused-ring (bicyclic) bond motifs is 2. The van der Waals surface area contributed by atoms with Gasteiger partial charge in [-0.2, -0.15) is 0 Å². The molecule has 11 rings (SSSR count). The highest BCUT2D eigenvalue weighted by atomic mass is 15.1. The van der Waals surface area contributed by atoms with Crippen molar-refractivity contribution in [2.75, 3.05) is 4.90 Å². The molecule has 7 aromatic rings. The van der Waals surface area contributed by atoms with Crippen LogP contribution in [0.1, 0.15) is 35.6 Å².